The van der Waals surface area contributed by atoms with E-state index in [0.29, 0.717) is 0 Å². The van der Waals surface area contributed by atoms with Gasteiger partial charge in [0, 0.05) is 26.3 Å². The highest BCUT2D eigenvalue weighted by molar-refractivity contribution is 6.04. The van der Waals surface area contributed by atoms with Crippen LogP contribution in [0.5, 0.6) is 0 Å². The van der Waals surface area contributed by atoms with E-state index in [4.69, 9.17) is 0 Å². The summed E-state index contributed by atoms with van der Waals surface area (Å²) in [6, 6.07) is 0. The third-order valence-corrected chi connectivity index (χ3v) is 3.53. The molecule has 2 rings (SSSR count). The third kappa shape index (κ3) is 2.70. The Morgan fingerprint density at radius 3 is 2.48 bits per heavy atom. The standard InChI is InChI=1S/C15H22N4O2/c1-5-7-19(8-6-2)13-11(15(20)21)9-16-14-12(13)10(3)17-18(14)4/h9H,5-8H2,1-4H3,(H,20,21). The highest BCUT2D eigenvalue weighted by Crippen LogP contribution is 2.32. The van der Waals surface area contributed by atoms with E-state index in [-0.39, 0.29) is 5.56 Å². The van der Waals surface area contributed by atoms with Crippen LogP contribution in [0.4, 0.5) is 5.69 Å². The van der Waals surface area contributed by atoms with Gasteiger partial charge in [-0.25, -0.2) is 9.78 Å². The zero-order valence-electron chi connectivity index (χ0n) is 13.1. The molecule has 0 aliphatic rings. The molecule has 0 aliphatic heterocycles. The van der Waals surface area contributed by atoms with Gasteiger partial charge >= 0.3 is 5.97 Å². The molecule has 0 amide bonds. The topological polar surface area (TPSA) is 71.2 Å². The summed E-state index contributed by atoms with van der Waals surface area (Å²) in [7, 11) is 1.83. The number of carboxylic acids is 1. The number of rotatable bonds is 6. The maximum atomic E-state index is 11.6. The molecule has 0 saturated heterocycles. The molecule has 6 heteroatoms. The highest BCUT2D eigenvalue weighted by atomic mass is 16.4. The molecule has 0 fully saturated rings. The molecule has 6 nitrogen and oxygen atoms in total. The molecule has 0 aromatic carbocycles. The summed E-state index contributed by atoms with van der Waals surface area (Å²) in [6.45, 7) is 7.73. The number of aryl methyl sites for hydroxylation is 2. The summed E-state index contributed by atoms with van der Waals surface area (Å²) in [6.07, 6.45) is 3.36. The van der Waals surface area contributed by atoms with Crippen LogP contribution in [0.2, 0.25) is 0 Å². The number of hydrogen-bond acceptors (Lipinski definition) is 4. The van der Waals surface area contributed by atoms with Crippen LogP contribution in [-0.2, 0) is 7.05 Å². The number of aromatic carboxylic acids is 1. The second-order valence-corrected chi connectivity index (χ2v) is 5.22. The zero-order valence-corrected chi connectivity index (χ0v) is 13.1. The minimum atomic E-state index is -0.945. The summed E-state index contributed by atoms with van der Waals surface area (Å²) >= 11 is 0. The summed E-state index contributed by atoms with van der Waals surface area (Å²) in [5, 5.41) is 14.7. The quantitative estimate of drug-likeness (QED) is 0.885. The fraction of sp³-hybridized carbons (Fsp3) is 0.533. The Labute approximate surface area is 124 Å². The normalized spacial score (nSPS) is 11.0. The zero-order chi connectivity index (χ0) is 15.6. The first-order valence-electron chi connectivity index (χ1n) is 7.31. The predicted molar refractivity (Wildman–Crippen MR) is 83.0 cm³/mol. The first kappa shape index (κ1) is 15.3. The van der Waals surface area contributed by atoms with E-state index in [2.05, 4.69) is 28.8 Å². The van der Waals surface area contributed by atoms with Gasteiger partial charge in [-0.05, 0) is 19.8 Å². The summed E-state index contributed by atoms with van der Waals surface area (Å²) in [4.78, 5) is 18.0. The second-order valence-electron chi connectivity index (χ2n) is 5.22. The first-order valence-corrected chi connectivity index (χ1v) is 7.31. The van der Waals surface area contributed by atoms with Crippen LogP contribution >= 0.6 is 0 Å². The van der Waals surface area contributed by atoms with Gasteiger partial charge in [0.15, 0.2) is 5.65 Å². The minimum absolute atomic E-state index is 0.250. The van der Waals surface area contributed by atoms with Crippen molar-refractivity contribution in [3.05, 3.63) is 17.5 Å². The number of anilines is 1. The van der Waals surface area contributed by atoms with Gasteiger partial charge in [0.1, 0.15) is 5.56 Å². The van der Waals surface area contributed by atoms with Gasteiger partial charge in [0.2, 0.25) is 0 Å². The fourth-order valence-corrected chi connectivity index (χ4v) is 2.75. The smallest absolute Gasteiger partial charge is 0.339 e. The van der Waals surface area contributed by atoms with Crippen LogP contribution in [0.3, 0.4) is 0 Å². The van der Waals surface area contributed by atoms with Gasteiger partial charge in [0.05, 0.1) is 16.8 Å². The molecule has 0 spiro atoms. The number of carboxylic acid groups (broad SMARTS) is 1. The molecule has 0 saturated carbocycles. The molecule has 21 heavy (non-hydrogen) atoms. The van der Waals surface area contributed by atoms with E-state index in [0.717, 1.165) is 48.3 Å². The molecule has 0 atom stereocenters. The Hall–Kier alpha value is -2.11. The third-order valence-electron chi connectivity index (χ3n) is 3.53. The fourth-order valence-electron chi connectivity index (χ4n) is 2.75. The average Bonchev–Trinajstić information content (AvgIpc) is 2.73. The molecule has 0 unspecified atom stereocenters. The maximum Gasteiger partial charge on any atom is 0.339 e. The number of aromatic nitrogens is 3. The molecular weight excluding hydrogens is 268 g/mol. The lowest BCUT2D eigenvalue weighted by atomic mass is 10.1. The SMILES string of the molecule is CCCN(CCC)c1c(C(=O)O)cnc2c1c(C)nn2C. The lowest BCUT2D eigenvalue weighted by Crippen LogP contribution is -2.27. The Balaban J connectivity index is 2.76. The monoisotopic (exact) mass is 290 g/mol. The Kier molecular flexibility index (Phi) is 4.45. The molecular formula is C15H22N4O2. The van der Waals surface area contributed by atoms with E-state index < -0.39 is 5.97 Å². The van der Waals surface area contributed by atoms with Crippen molar-refractivity contribution in [2.75, 3.05) is 18.0 Å². The molecule has 0 radical (unpaired) electrons. The van der Waals surface area contributed by atoms with Crippen molar-refractivity contribution in [3.63, 3.8) is 0 Å². The van der Waals surface area contributed by atoms with E-state index in [1.807, 2.05) is 14.0 Å². The van der Waals surface area contributed by atoms with E-state index in [1.165, 1.54) is 6.20 Å². The lowest BCUT2D eigenvalue weighted by molar-refractivity contribution is 0.0697. The van der Waals surface area contributed by atoms with Crippen molar-refractivity contribution in [2.45, 2.75) is 33.6 Å². The summed E-state index contributed by atoms with van der Waals surface area (Å²) < 4.78 is 1.70. The van der Waals surface area contributed by atoms with Crippen molar-refractivity contribution < 1.29 is 9.90 Å². The van der Waals surface area contributed by atoms with Gasteiger partial charge in [0.25, 0.3) is 0 Å². The van der Waals surface area contributed by atoms with Crippen LogP contribution in [0.15, 0.2) is 6.20 Å². The molecule has 2 aromatic rings. The van der Waals surface area contributed by atoms with Crippen LogP contribution < -0.4 is 4.90 Å². The molecule has 2 aromatic heterocycles. The number of hydrogen-bond donors (Lipinski definition) is 1. The van der Waals surface area contributed by atoms with Crippen LogP contribution in [-0.4, -0.2) is 38.9 Å². The Bertz CT molecular complexity index is 657. The van der Waals surface area contributed by atoms with E-state index in [1.54, 1.807) is 4.68 Å². The molecule has 0 bridgehead atoms. The number of pyridine rings is 1. The first-order chi connectivity index (χ1) is 10.0. The van der Waals surface area contributed by atoms with Crippen molar-refractivity contribution in [2.24, 2.45) is 7.05 Å². The van der Waals surface area contributed by atoms with E-state index >= 15 is 0 Å². The van der Waals surface area contributed by atoms with Crippen molar-refractivity contribution >= 4 is 22.7 Å². The number of carbonyl (C=O) groups is 1. The summed E-state index contributed by atoms with van der Waals surface area (Å²) in [5.74, 6) is -0.945. The number of nitrogens with zero attached hydrogens (tertiary/aromatic N) is 4. The second kappa shape index (κ2) is 6.11. The predicted octanol–water partition coefficient (Wildman–Crippen LogP) is 2.60. The molecule has 114 valence electrons. The van der Waals surface area contributed by atoms with Crippen LogP contribution in [0.25, 0.3) is 11.0 Å². The molecule has 1 N–H and O–H groups in total. The van der Waals surface area contributed by atoms with Crippen LogP contribution in [0, 0.1) is 6.92 Å². The van der Waals surface area contributed by atoms with Crippen LogP contribution in [0.1, 0.15) is 42.7 Å². The molecule has 0 aliphatic carbocycles. The van der Waals surface area contributed by atoms with Crippen molar-refractivity contribution in [1.82, 2.24) is 14.8 Å². The van der Waals surface area contributed by atoms with E-state index in [9.17, 15) is 9.90 Å². The van der Waals surface area contributed by atoms with Gasteiger partial charge in [-0.2, -0.15) is 5.10 Å². The van der Waals surface area contributed by atoms with Gasteiger partial charge < -0.3 is 10.0 Å². The minimum Gasteiger partial charge on any atom is -0.478 e. The van der Waals surface area contributed by atoms with Gasteiger partial charge in [-0.3, -0.25) is 4.68 Å². The van der Waals surface area contributed by atoms with Gasteiger partial charge in [-0.1, -0.05) is 13.8 Å². The maximum absolute atomic E-state index is 11.6. The Morgan fingerprint density at radius 2 is 1.95 bits per heavy atom. The van der Waals surface area contributed by atoms with Crippen molar-refractivity contribution in [1.29, 1.82) is 0 Å². The average molecular weight is 290 g/mol. The largest absolute Gasteiger partial charge is 0.478 e. The highest BCUT2D eigenvalue weighted by Gasteiger charge is 2.23. The molecule has 2 heterocycles. The van der Waals surface area contributed by atoms with Gasteiger partial charge in [-0.15, -0.1) is 0 Å². The lowest BCUT2D eigenvalue weighted by Gasteiger charge is -2.26. The summed E-state index contributed by atoms with van der Waals surface area (Å²) in [5.41, 5.74) is 2.54. The number of fused-ring (bicyclic) bond motifs is 1. The van der Waals surface area contributed by atoms with Crippen molar-refractivity contribution in [3.8, 4) is 0 Å². The Morgan fingerprint density at radius 1 is 1.33 bits per heavy atom.